The van der Waals surface area contributed by atoms with Crippen molar-refractivity contribution in [2.24, 2.45) is 5.41 Å². The Bertz CT molecular complexity index is 762. The van der Waals surface area contributed by atoms with Gasteiger partial charge in [-0.15, -0.1) is 0 Å². The molecule has 2 aromatic rings. The summed E-state index contributed by atoms with van der Waals surface area (Å²) >= 11 is 0. The first-order valence-electron chi connectivity index (χ1n) is 8.59. The van der Waals surface area contributed by atoms with E-state index in [0.29, 0.717) is 49.9 Å². The molecular formula is C16H21F2N5O3. The number of aromatic nitrogens is 4. The SMILES string of the molecule is OCC1(Cn2cnc3c(N4CCOCC4CC(F)F)ncnc32)COC1. The van der Waals surface area contributed by atoms with E-state index in [-0.39, 0.29) is 25.0 Å². The molecule has 4 rings (SSSR count). The average molecular weight is 369 g/mol. The maximum absolute atomic E-state index is 12.9. The zero-order chi connectivity index (χ0) is 18.1. The van der Waals surface area contributed by atoms with Crippen LogP contribution in [0, 0.1) is 5.41 Å². The highest BCUT2D eigenvalue weighted by Gasteiger charge is 2.39. The lowest BCUT2D eigenvalue weighted by Gasteiger charge is -2.40. The third-order valence-corrected chi connectivity index (χ3v) is 4.99. The molecule has 1 unspecified atom stereocenters. The molecule has 2 saturated heterocycles. The first-order chi connectivity index (χ1) is 12.6. The van der Waals surface area contributed by atoms with Crippen LogP contribution in [0.15, 0.2) is 12.7 Å². The highest BCUT2D eigenvalue weighted by molar-refractivity contribution is 5.83. The van der Waals surface area contributed by atoms with Crippen molar-refractivity contribution in [3.8, 4) is 0 Å². The molecule has 0 bridgehead atoms. The Balaban J connectivity index is 1.65. The largest absolute Gasteiger partial charge is 0.396 e. The van der Waals surface area contributed by atoms with E-state index in [1.807, 2.05) is 9.47 Å². The van der Waals surface area contributed by atoms with E-state index in [9.17, 15) is 13.9 Å². The number of anilines is 1. The Morgan fingerprint density at radius 3 is 2.81 bits per heavy atom. The van der Waals surface area contributed by atoms with Crippen molar-refractivity contribution >= 4 is 17.0 Å². The van der Waals surface area contributed by atoms with E-state index in [0.717, 1.165) is 0 Å². The van der Waals surface area contributed by atoms with Crippen LogP contribution in [0.5, 0.6) is 0 Å². The van der Waals surface area contributed by atoms with E-state index in [1.165, 1.54) is 6.33 Å². The molecule has 0 radical (unpaired) electrons. The quantitative estimate of drug-likeness (QED) is 0.802. The number of nitrogens with zero attached hydrogens (tertiary/aromatic N) is 5. The highest BCUT2D eigenvalue weighted by Crippen LogP contribution is 2.32. The molecule has 0 amide bonds. The first-order valence-corrected chi connectivity index (χ1v) is 8.59. The van der Waals surface area contributed by atoms with Crippen molar-refractivity contribution < 1.29 is 23.4 Å². The van der Waals surface area contributed by atoms with Crippen LogP contribution < -0.4 is 4.90 Å². The summed E-state index contributed by atoms with van der Waals surface area (Å²) in [6.45, 7) is 2.69. The van der Waals surface area contributed by atoms with Gasteiger partial charge in [0.1, 0.15) is 6.33 Å². The molecule has 142 valence electrons. The molecule has 10 heteroatoms. The standard InChI is InChI=1S/C16H21F2N5O3/c17-12(18)3-11-4-25-2-1-23(11)15-13-14(19-9-20-15)22(10-21-13)5-16(6-24)7-26-8-16/h9-12,24H,1-8H2. The summed E-state index contributed by atoms with van der Waals surface area (Å²) in [6, 6.07) is -0.448. The summed E-state index contributed by atoms with van der Waals surface area (Å²) < 4.78 is 38.3. The smallest absolute Gasteiger partial charge is 0.240 e. The molecule has 2 aliphatic rings. The predicted octanol–water partition coefficient (Wildman–Crippen LogP) is 0.696. The second-order valence-corrected chi connectivity index (χ2v) is 6.94. The van der Waals surface area contributed by atoms with Gasteiger partial charge < -0.3 is 24.0 Å². The molecule has 1 N–H and O–H groups in total. The van der Waals surface area contributed by atoms with Crippen molar-refractivity contribution in [2.45, 2.75) is 25.4 Å². The number of imidazole rings is 1. The summed E-state index contributed by atoms with van der Waals surface area (Å²) in [5.41, 5.74) is 0.870. The Morgan fingerprint density at radius 2 is 2.12 bits per heavy atom. The van der Waals surface area contributed by atoms with Gasteiger partial charge in [0.25, 0.3) is 0 Å². The van der Waals surface area contributed by atoms with Crippen LogP contribution in [-0.2, 0) is 16.0 Å². The van der Waals surface area contributed by atoms with Gasteiger partial charge in [0, 0.05) is 19.5 Å². The maximum Gasteiger partial charge on any atom is 0.240 e. The van der Waals surface area contributed by atoms with Crippen LogP contribution >= 0.6 is 0 Å². The molecule has 0 spiro atoms. The van der Waals surface area contributed by atoms with Crippen LogP contribution in [0.2, 0.25) is 0 Å². The minimum absolute atomic E-state index is 0.0184. The second-order valence-electron chi connectivity index (χ2n) is 6.94. The van der Waals surface area contributed by atoms with Crippen molar-refractivity contribution in [2.75, 3.05) is 44.5 Å². The predicted molar refractivity (Wildman–Crippen MR) is 88.2 cm³/mol. The summed E-state index contributed by atoms with van der Waals surface area (Å²) in [5.74, 6) is 0.547. The molecule has 2 fully saturated rings. The van der Waals surface area contributed by atoms with Gasteiger partial charge in [-0.3, -0.25) is 0 Å². The lowest BCUT2D eigenvalue weighted by molar-refractivity contribution is -0.144. The van der Waals surface area contributed by atoms with Crippen LogP contribution in [0.25, 0.3) is 11.2 Å². The van der Waals surface area contributed by atoms with Gasteiger partial charge in [0.2, 0.25) is 6.43 Å². The fraction of sp³-hybridized carbons (Fsp3) is 0.688. The molecule has 0 aliphatic carbocycles. The summed E-state index contributed by atoms with van der Waals surface area (Å²) in [7, 11) is 0. The lowest BCUT2D eigenvalue weighted by atomic mass is 9.87. The molecular weight excluding hydrogens is 348 g/mol. The number of hydrogen-bond acceptors (Lipinski definition) is 7. The maximum atomic E-state index is 12.9. The van der Waals surface area contributed by atoms with E-state index >= 15 is 0 Å². The van der Waals surface area contributed by atoms with Crippen molar-refractivity contribution in [3.63, 3.8) is 0 Å². The van der Waals surface area contributed by atoms with Gasteiger partial charge in [-0.1, -0.05) is 0 Å². The summed E-state index contributed by atoms with van der Waals surface area (Å²) in [5, 5.41) is 9.64. The van der Waals surface area contributed by atoms with Gasteiger partial charge in [-0.25, -0.2) is 23.7 Å². The number of hydrogen-bond donors (Lipinski definition) is 1. The molecule has 4 heterocycles. The fourth-order valence-corrected chi connectivity index (χ4v) is 3.51. The lowest BCUT2D eigenvalue weighted by Crippen LogP contribution is -2.48. The van der Waals surface area contributed by atoms with Crippen molar-refractivity contribution in [1.82, 2.24) is 19.5 Å². The second kappa shape index (κ2) is 7.01. The molecule has 2 aliphatic heterocycles. The molecule has 1 atom stereocenters. The minimum Gasteiger partial charge on any atom is -0.396 e. The number of halogens is 2. The third kappa shape index (κ3) is 3.12. The van der Waals surface area contributed by atoms with Crippen LogP contribution in [0.1, 0.15) is 6.42 Å². The molecule has 8 nitrogen and oxygen atoms in total. The average Bonchev–Trinajstić information content (AvgIpc) is 3.01. The van der Waals surface area contributed by atoms with E-state index in [2.05, 4.69) is 15.0 Å². The normalized spacial score (nSPS) is 22.8. The molecule has 2 aromatic heterocycles. The number of aliphatic hydroxyl groups is 1. The number of rotatable bonds is 6. The van der Waals surface area contributed by atoms with Crippen LogP contribution in [0.4, 0.5) is 14.6 Å². The zero-order valence-electron chi connectivity index (χ0n) is 14.2. The minimum atomic E-state index is -2.41. The Kier molecular flexibility index (Phi) is 4.72. The molecule has 0 saturated carbocycles. The van der Waals surface area contributed by atoms with Gasteiger partial charge in [0.15, 0.2) is 17.0 Å². The van der Waals surface area contributed by atoms with Gasteiger partial charge in [0.05, 0.1) is 50.8 Å². The molecule has 26 heavy (non-hydrogen) atoms. The third-order valence-electron chi connectivity index (χ3n) is 4.99. The van der Waals surface area contributed by atoms with E-state index in [1.54, 1.807) is 6.33 Å². The van der Waals surface area contributed by atoms with Crippen molar-refractivity contribution in [3.05, 3.63) is 12.7 Å². The number of ether oxygens (including phenoxy) is 2. The number of morpholine rings is 1. The first kappa shape index (κ1) is 17.5. The Morgan fingerprint density at radius 1 is 1.27 bits per heavy atom. The van der Waals surface area contributed by atoms with Gasteiger partial charge >= 0.3 is 0 Å². The highest BCUT2D eigenvalue weighted by atomic mass is 19.3. The van der Waals surface area contributed by atoms with Gasteiger partial charge in [-0.05, 0) is 0 Å². The van der Waals surface area contributed by atoms with Crippen LogP contribution in [-0.4, -0.2) is 76.7 Å². The zero-order valence-corrected chi connectivity index (χ0v) is 14.2. The number of alkyl halides is 2. The van der Waals surface area contributed by atoms with Crippen LogP contribution in [0.3, 0.4) is 0 Å². The monoisotopic (exact) mass is 369 g/mol. The topological polar surface area (TPSA) is 85.5 Å². The van der Waals surface area contributed by atoms with E-state index < -0.39 is 12.5 Å². The number of aliphatic hydroxyl groups excluding tert-OH is 1. The molecule has 0 aromatic carbocycles. The Labute approximate surface area is 148 Å². The number of fused-ring (bicyclic) bond motifs is 1. The summed E-state index contributed by atoms with van der Waals surface area (Å²) in [6.07, 6.45) is 0.383. The van der Waals surface area contributed by atoms with Gasteiger partial charge in [-0.2, -0.15) is 0 Å². The Hall–Kier alpha value is -1.91. The van der Waals surface area contributed by atoms with Crippen molar-refractivity contribution in [1.29, 1.82) is 0 Å². The summed E-state index contributed by atoms with van der Waals surface area (Å²) in [4.78, 5) is 14.9. The van der Waals surface area contributed by atoms with E-state index in [4.69, 9.17) is 9.47 Å². The fourth-order valence-electron chi connectivity index (χ4n) is 3.51.